The molecule has 2 aromatic carbocycles. The summed E-state index contributed by atoms with van der Waals surface area (Å²) in [7, 11) is 0. The summed E-state index contributed by atoms with van der Waals surface area (Å²) in [5.41, 5.74) is 1.99. The monoisotopic (exact) mass is 258 g/mol. The summed E-state index contributed by atoms with van der Waals surface area (Å²) in [4.78, 5) is 0. The van der Waals surface area contributed by atoms with Crippen molar-refractivity contribution in [2.75, 3.05) is 5.32 Å². The van der Waals surface area contributed by atoms with Gasteiger partial charge in [0, 0.05) is 17.8 Å². The van der Waals surface area contributed by atoms with Crippen molar-refractivity contribution >= 4 is 5.69 Å². The molecule has 2 nitrogen and oxygen atoms in total. The standard InChI is InChI=1S/C15H12F2N2/c1-10-13(16)3-2-4-15(10)19-9-11-5-6-14(17)12(7-11)8-18/h2-7,19H,9H2,1H3. The van der Waals surface area contributed by atoms with Gasteiger partial charge in [-0.3, -0.25) is 0 Å². The molecule has 19 heavy (non-hydrogen) atoms. The molecular weight excluding hydrogens is 246 g/mol. The molecule has 0 aliphatic heterocycles. The SMILES string of the molecule is Cc1c(F)cccc1NCc1ccc(F)c(C#N)c1. The molecule has 2 rings (SSSR count). The van der Waals surface area contributed by atoms with E-state index >= 15 is 0 Å². The Kier molecular flexibility index (Phi) is 3.76. The zero-order valence-electron chi connectivity index (χ0n) is 10.4. The van der Waals surface area contributed by atoms with Crippen LogP contribution in [0.5, 0.6) is 0 Å². The van der Waals surface area contributed by atoms with Crippen LogP contribution in [0.15, 0.2) is 36.4 Å². The molecule has 4 heteroatoms. The molecule has 96 valence electrons. The lowest BCUT2D eigenvalue weighted by molar-refractivity contribution is 0.619. The van der Waals surface area contributed by atoms with E-state index < -0.39 is 5.82 Å². The Labute approximate surface area is 110 Å². The van der Waals surface area contributed by atoms with E-state index in [0.717, 1.165) is 5.56 Å². The van der Waals surface area contributed by atoms with E-state index in [1.165, 1.54) is 18.2 Å². The molecule has 0 aliphatic rings. The number of benzene rings is 2. The van der Waals surface area contributed by atoms with E-state index in [9.17, 15) is 8.78 Å². The average Bonchev–Trinajstić information content (AvgIpc) is 2.42. The molecule has 0 aromatic heterocycles. The second kappa shape index (κ2) is 5.49. The first kappa shape index (κ1) is 13.0. The Balaban J connectivity index is 2.15. The highest BCUT2D eigenvalue weighted by Gasteiger charge is 2.05. The molecule has 0 unspecified atom stereocenters. The van der Waals surface area contributed by atoms with Crippen LogP contribution < -0.4 is 5.32 Å². The van der Waals surface area contributed by atoms with Crippen molar-refractivity contribution in [3.63, 3.8) is 0 Å². The van der Waals surface area contributed by atoms with Crippen LogP contribution in [0.4, 0.5) is 14.5 Å². The summed E-state index contributed by atoms with van der Waals surface area (Å²) in [6, 6.07) is 10.9. The molecule has 0 atom stereocenters. The van der Waals surface area contributed by atoms with Gasteiger partial charge in [0.2, 0.25) is 0 Å². The van der Waals surface area contributed by atoms with E-state index in [2.05, 4.69) is 5.32 Å². The minimum Gasteiger partial charge on any atom is -0.381 e. The third-order valence-corrected chi connectivity index (χ3v) is 2.90. The molecule has 0 saturated carbocycles. The predicted octanol–water partition coefficient (Wildman–Crippen LogP) is 3.76. The normalized spacial score (nSPS) is 10.0. The van der Waals surface area contributed by atoms with Crippen LogP contribution >= 0.6 is 0 Å². The fourth-order valence-corrected chi connectivity index (χ4v) is 1.76. The second-order valence-electron chi connectivity index (χ2n) is 4.19. The fourth-order valence-electron chi connectivity index (χ4n) is 1.76. The Morgan fingerprint density at radius 1 is 1.16 bits per heavy atom. The van der Waals surface area contributed by atoms with Crippen LogP contribution in [0, 0.1) is 29.9 Å². The van der Waals surface area contributed by atoms with Gasteiger partial charge in [-0.05, 0) is 36.8 Å². The number of nitrogens with zero attached hydrogens (tertiary/aromatic N) is 1. The van der Waals surface area contributed by atoms with Gasteiger partial charge in [-0.25, -0.2) is 8.78 Å². The number of anilines is 1. The number of hydrogen-bond acceptors (Lipinski definition) is 2. The van der Waals surface area contributed by atoms with Gasteiger partial charge in [0.1, 0.15) is 17.7 Å². The molecule has 1 N–H and O–H groups in total. The zero-order valence-corrected chi connectivity index (χ0v) is 10.4. The van der Waals surface area contributed by atoms with Crippen molar-refractivity contribution in [2.45, 2.75) is 13.5 Å². The lowest BCUT2D eigenvalue weighted by Crippen LogP contribution is -2.02. The quantitative estimate of drug-likeness (QED) is 0.909. The molecule has 0 bridgehead atoms. The Morgan fingerprint density at radius 3 is 2.68 bits per heavy atom. The highest BCUT2D eigenvalue weighted by atomic mass is 19.1. The van der Waals surface area contributed by atoms with Gasteiger partial charge in [-0.15, -0.1) is 0 Å². The maximum atomic E-state index is 13.3. The third kappa shape index (κ3) is 2.89. The molecular formula is C15H12F2N2. The van der Waals surface area contributed by atoms with Crippen molar-refractivity contribution in [3.8, 4) is 6.07 Å². The maximum absolute atomic E-state index is 13.3. The third-order valence-electron chi connectivity index (χ3n) is 2.90. The van der Waals surface area contributed by atoms with Crippen LogP contribution in [0.1, 0.15) is 16.7 Å². The summed E-state index contributed by atoms with van der Waals surface area (Å²) in [6.07, 6.45) is 0. The van der Waals surface area contributed by atoms with Gasteiger partial charge in [0.05, 0.1) is 5.56 Å². The topological polar surface area (TPSA) is 35.8 Å². The van der Waals surface area contributed by atoms with Gasteiger partial charge in [0.25, 0.3) is 0 Å². The van der Waals surface area contributed by atoms with Crippen molar-refractivity contribution in [3.05, 3.63) is 64.7 Å². The largest absolute Gasteiger partial charge is 0.381 e. The van der Waals surface area contributed by atoms with Gasteiger partial charge in [-0.2, -0.15) is 5.26 Å². The zero-order chi connectivity index (χ0) is 13.8. The van der Waals surface area contributed by atoms with E-state index in [1.54, 1.807) is 31.2 Å². The highest BCUT2D eigenvalue weighted by Crippen LogP contribution is 2.18. The van der Waals surface area contributed by atoms with Crippen molar-refractivity contribution in [1.82, 2.24) is 0 Å². The maximum Gasteiger partial charge on any atom is 0.140 e. The smallest absolute Gasteiger partial charge is 0.140 e. The predicted molar refractivity (Wildman–Crippen MR) is 69.6 cm³/mol. The van der Waals surface area contributed by atoms with Crippen LogP contribution in [0.25, 0.3) is 0 Å². The molecule has 2 aromatic rings. The first-order valence-electron chi connectivity index (χ1n) is 5.79. The molecule has 0 fully saturated rings. The summed E-state index contributed by atoms with van der Waals surface area (Å²) in [6.45, 7) is 2.09. The molecule has 0 aliphatic carbocycles. The number of nitriles is 1. The molecule has 0 spiro atoms. The van der Waals surface area contributed by atoms with Crippen LogP contribution in [-0.4, -0.2) is 0 Å². The Morgan fingerprint density at radius 2 is 1.95 bits per heavy atom. The Hall–Kier alpha value is -2.41. The molecule has 0 radical (unpaired) electrons. The highest BCUT2D eigenvalue weighted by molar-refractivity contribution is 5.51. The van der Waals surface area contributed by atoms with E-state index in [0.29, 0.717) is 17.8 Å². The number of hydrogen-bond donors (Lipinski definition) is 1. The van der Waals surface area contributed by atoms with Crippen LogP contribution in [-0.2, 0) is 6.54 Å². The first-order chi connectivity index (χ1) is 9.11. The molecule has 0 saturated heterocycles. The summed E-state index contributed by atoms with van der Waals surface area (Å²) >= 11 is 0. The van der Waals surface area contributed by atoms with Crippen LogP contribution in [0.2, 0.25) is 0 Å². The average molecular weight is 258 g/mol. The minimum absolute atomic E-state index is 0.00950. The first-order valence-corrected chi connectivity index (χ1v) is 5.79. The van der Waals surface area contributed by atoms with Crippen molar-refractivity contribution in [1.29, 1.82) is 5.26 Å². The second-order valence-corrected chi connectivity index (χ2v) is 4.19. The van der Waals surface area contributed by atoms with Crippen LogP contribution in [0.3, 0.4) is 0 Å². The summed E-state index contributed by atoms with van der Waals surface area (Å²) in [5.74, 6) is -0.810. The van der Waals surface area contributed by atoms with Gasteiger partial charge < -0.3 is 5.32 Å². The number of rotatable bonds is 3. The van der Waals surface area contributed by atoms with E-state index in [-0.39, 0.29) is 11.4 Å². The van der Waals surface area contributed by atoms with Gasteiger partial charge >= 0.3 is 0 Å². The lowest BCUT2D eigenvalue weighted by Gasteiger charge is -2.10. The summed E-state index contributed by atoms with van der Waals surface area (Å²) in [5, 5.41) is 11.8. The number of halogens is 2. The Bertz CT molecular complexity index is 645. The number of nitrogens with one attached hydrogen (secondary N) is 1. The minimum atomic E-state index is -0.534. The van der Waals surface area contributed by atoms with Gasteiger partial charge in [0.15, 0.2) is 0 Å². The van der Waals surface area contributed by atoms with Crippen molar-refractivity contribution in [2.24, 2.45) is 0 Å². The van der Waals surface area contributed by atoms with Gasteiger partial charge in [-0.1, -0.05) is 12.1 Å². The molecule has 0 heterocycles. The van der Waals surface area contributed by atoms with E-state index in [4.69, 9.17) is 5.26 Å². The summed E-state index contributed by atoms with van der Waals surface area (Å²) < 4.78 is 26.5. The molecule has 0 amide bonds. The van der Waals surface area contributed by atoms with E-state index in [1.807, 2.05) is 0 Å². The lowest BCUT2D eigenvalue weighted by atomic mass is 10.1. The van der Waals surface area contributed by atoms with Crippen molar-refractivity contribution < 1.29 is 8.78 Å². The fraction of sp³-hybridized carbons (Fsp3) is 0.133.